The molecule has 6 atom stereocenters. The van der Waals surface area contributed by atoms with Gasteiger partial charge in [0.2, 0.25) is 5.91 Å². The number of carboxylic acids is 2. The van der Waals surface area contributed by atoms with Gasteiger partial charge in [0.25, 0.3) is 53.2 Å². The van der Waals surface area contributed by atoms with Gasteiger partial charge in [-0.2, -0.15) is 0 Å². The van der Waals surface area contributed by atoms with Gasteiger partial charge in [0.1, 0.15) is 40.1 Å². The lowest BCUT2D eigenvalue weighted by atomic mass is 9.90. The highest BCUT2D eigenvalue weighted by atomic mass is 16.4. The van der Waals surface area contributed by atoms with Crippen molar-refractivity contribution in [3.05, 3.63) is 193 Å². The summed E-state index contributed by atoms with van der Waals surface area (Å²) in [6, 6.07) is 27.2. The molecule has 0 fully saturated rings. The summed E-state index contributed by atoms with van der Waals surface area (Å²) >= 11 is 0. The lowest BCUT2D eigenvalue weighted by molar-refractivity contribution is -0.137. The van der Waals surface area contributed by atoms with Crippen LogP contribution >= 0.6 is 0 Å². The number of nitrogens with zero attached hydrogens (tertiary/aromatic N) is 4. The van der Waals surface area contributed by atoms with Crippen molar-refractivity contribution in [1.29, 1.82) is 0 Å². The standard InChI is InChI=1S/C86H98N14O21/c101-54-23-26-57-68(47-54)121-69-48-55(102)24-27-58(69)72(57)56-25-22-51(46-67(56)86(119)120)77(110)88-29-4-2-11-53-50-100-41-35-94-81(114)62-15-6-13-60(74(62)107)79(112)90-31-37-98(39-33-92-83(116)64-17-8-19-66(76(64)109)85(118)96-53)43-42-97-36-30-89-78(111)59-12-5-14-61(73(59)106)80(113)93-34-40-99(44-45-100)49-52(10-1-3-28-87-70(103)20-9-21-71(104)105)95-84(117)65-18-7-16-63(75(65)108)82(115)91-32-38-97/h5-8,12-19,22-27,46-48,52-53,101,106-109H,1-4,9-11,20-21,28-45,49-50H2,(H,87,103)(H,88,110)(H,89,111)(H,90,112)(H,91,115)(H,92,116)(H,93,113)(H,94,114)(H,95,117)(H,96,118)(H,104,105)(H,119,120). The van der Waals surface area contributed by atoms with E-state index in [0.29, 0.717) is 29.4 Å². The summed E-state index contributed by atoms with van der Waals surface area (Å²) in [5.74, 6) is -12.1. The number of phenolic OH excluding ortho intramolecular Hbond substituents is 5. The summed E-state index contributed by atoms with van der Waals surface area (Å²) in [7, 11) is 0. The maximum atomic E-state index is 15.0. The highest BCUT2D eigenvalue weighted by Crippen LogP contribution is 2.42. The molecular formula is C86H98N14O21. The van der Waals surface area contributed by atoms with Gasteiger partial charge >= 0.3 is 11.9 Å². The number of aromatic carboxylic acids is 1. The molecule has 17 N–H and O–H groups in total. The molecule has 0 aromatic heterocycles. The average Bonchev–Trinajstić information content (AvgIpc) is 0.745. The Hall–Kier alpha value is -13.5. The topological polar surface area (TPSA) is 510 Å². The third-order valence-electron chi connectivity index (χ3n) is 21.3. The zero-order valence-electron chi connectivity index (χ0n) is 66.4. The van der Waals surface area contributed by atoms with Gasteiger partial charge in [0.05, 0.1) is 50.1 Å². The quantitative estimate of drug-likeness (QED) is 0.0454. The molecule has 638 valence electrons. The Morgan fingerprint density at radius 1 is 0.388 bits per heavy atom. The molecule has 35 heteroatoms. The van der Waals surface area contributed by atoms with Crippen LogP contribution in [0.2, 0.25) is 0 Å². The first-order valence-corrected chi connectivity index (χ1v) is 40.1. The SMILES string of the molecule is O=C(O)CCCC(=O)NCCCCC1CN2CCNC(=O)c3cccc(c3O)C(=O)NCCN(CCNC(=O)c3cccc(c3O)C(=O)N1)CCN1CCNC(=O)c3cccc(c3O)C(=O)NCCN(CC2)CC(CCCCNC(=O)c2ccc(-c3c4ccc(=O)cc-4oc4cc(O)ccc34)c(C(=O)O)c2)NC(=O)c2cccc(c2O)C(=O)NCC1. The largest absolute Gasteiger partial charge is 0.508 e. The van der Waals surface area contributed by atoms with Crippen LogP contribution in [0.25, 0.3) is 33.4 Å². The van der Waals surface area contributed by atoms with E-state index in [9.17, 15) is 93.0 Å². The van der Waals surface area contributed by atoms with Gasteiger partial charge in [-0.25, -0.2) is 4.79 Å². The van der Waals surface area contributed by atoms with Crippen LogP contribution in [0, 0.1) is 0 Å². The van der Waals surface area contributed by atoms with Crippen molar-refractivity contribution in [2.75, 3.05) is 131 Å². The van der Waals surface area contributed by atoms with Crippen LogP contribution in [0.5, 0.6) is 28.7 Å². The molecule has 1 aliphatic carbocycles. The van der Waals surface area contributed by atoms with Crippen LogP contribution in [0.15, 0.2) is 137 Å². The van der Waals surface area contributed by atoms with Crippen molar-refractivity contribution in [1.82, 2.24) is 72.8 Å². The van der Waals surface area contributed by atoms with E-state index in [0.717, 1.165) is 0 Å². The Bertz CT molecular complexity index is 5230. The van der Waals surface area contributed by atoms with Gasteiger partial charge in [-0.15, -0.1) is 0 Å². The lowest BCUT2D eigenvalue weighted by Gasteiger charge is -2.33. The van der Waals surface area contributed by atoms with Crippen molar-refractivity contribution < 1.29 is 97.7 Å². The van der Waals surface area contributed by atoms with E-state index in [4.69, 9.17) is 9.52 Å². The number of rotatable bonds is 17. The fourth-order valence-corrected chi connectivity index (χ4v) is 14.9. The summed E-state index contributed by atoms with van der Waals surface area (Å²) in [6.45, 7) is 0.228. The third kappa shape index (κ3) is 23.7. The Morgan fingerprint density at radius 3 is 1.19 bits per heavy atom. The molecule has 6 aromatic rings. The minimum Gasteiger partial charge on any atom is -0.508 e. The predicted octanol–water partition coefficient (Wildman–Crippen LogP) is 3.86. The number of carboxylic acid groups (broad SMARTS) is 2. The zero-order valence-corrected chi connectivity index (χ0v) is 66.4. The maximum Gasteiger partial charge on any atom is 0.336 e. The molecule has 0 saturated carbocycles. The fraction of sp³-hybridized carbons (Fsp3) is 0.360. The summed E-state index contributed by atoms with van der Waals surface area (Å²) in [6.07, 6.45) is 1.41. The monoisotopic (exact) mass is 1660 g/mol. The molecule has 5 heterocycles. The second-order valence-electron chi connectivity index (χ2n) is 29.7. The second-order valence-corrected chi connectivity index (χ2v) is 29.7. The Balaban J connectivity index is 0.957. The molecule has 5 aliphatic heterocycles. The molecular weight excluding hydrogens is 1570 g/mol. The summed E-state index contributed by atoms with van der Waals surface area (Å²) < 4.78 is 5.98. The highest BCUT2D eigenvalue weighted by Gasteiger charge is 2.31. The number of para-hydroxylation sites is 4. The minimum absolute atomic E-state index is 0.00689. The van der Waals surface area contributed by atoms with Crippen LogP contribution in [0.3, 0.4) is 0 Å². The molecule has 10 amide bonds. The van der Waals surface area contributed by atoms with Gasteiger partial charge in [0.15, 0.2) is 5.43 Å². The predicted molar refractivity (Wildman–Crippen MR) is 442 cm³/mol. The van der Waals surface area contributed by atoms with Gasteiger partial charge in [0, 0.05) is 190 Å². The number of aliphatic carboxylic acids is 1. The van der Waals surface area contributed by atoms with E-state index in [-0.39, 0.29) is 265 Å². The van der Waals surface area contributed by atoms with Crippen LogP contribution in [0.4, 0.5) is 0 Å². The number of fused-ring (bicyclic) bond motifs is 18. The molecule has 0 saturated heterocycles. The minimum atomic E-state index is -1.38. The van der Waals surface area contributed by atoms with Gasteiger partial charge in [-0.1, -0.05) is 30.3 Å². The molecule has 6 unspecified atom stereocenters. The van der Waals surface area contributed by atoms with E-state index in [2.05, 4.69) is 53.2 Å². The highest BCUT2D eigenvalue weighted by molar-refractivity contribution is 6.10. The number of nitrogens with one attached hydrogen (secondary N) is 10. The number of benzene rings is 7. The summed E-state index contributed by atoms with van der Waals surface area (Å²) in [5, 5.41) is 107. The van der Waals surface area contributed by atoms with Crippen LogP contribution in [-0.4, -0.2) is 269 Å². The smallest absolute Gasteiger partial charge is 0.336 e. The summed E-state index contributed by atoms with van der Waals surface area (Å²) in [5.41, 5.74) is -1.56. The lowest BCUT2D eigenvalue weighted by Crippen LogP contribution is -2.50. The van der Waals surface area contributed by atoms with E-state index in [1.165, 1.54) is 121 Å². The van der Waals surface area contributed by atoms with Crippen molar-refractivity contribution in [3.63, 3.8) is 0 Å². The van der Waals surface area contributed by atoms with Gasteiger partial charge in [-0.3, -0.25) is 77.1 Å². The molecule has 121 heavy (non-hydrogen) atoms. The molecule has 12 bridgehead atoms. The fourth-order valence-electron chi connectivity index (χ4n) is 14.9. The Morgan fingerprint density at radius 2 is 0.777 bits per heavy atom. The molecule has 12 rings (SSSR count). The first-order chi connectivity index (χ1) is 58.3. The molecule has 0 spiro atoms. The molecule has 0 radical (unpaired) electrons. The number of amides is 10. The second kappa shape index (κ2) is 42.2. The van der Waals surface area contributed by atoms with Crippen molar-refractivity contribution >= 4 is 82.0 Å². The number of carbonyl (C=O) groups is 12. The van der Waals surface area contributed by atoms with E-state index in [1.807, 2.05) is 19.6 Å². The molecule has 6 aromatic carbocycles. The molecule has 35 nitrogen and oxygen atoms in total. The zero-order chi connectivity index (χ0) is 86.2. The number of phenols is 5. The van der Waals surface area contributed by atoms with Crippen LogP contribution in [-0.2, 0) is 9.59 Å². The first kappa shape index (κ1) is 88.3. The molecule has 6 aliphatic rings. The third-order valence-corrected chi connectivity index (χ3v) is 21.3. The number of hydrogen-bond donors (Lipinski definition) is 17. The Labute approximate surface area is 694 Å². The number of unbranched alkanes of at least 4 members (excludes halogenated alkanes) is 2. The van der Waals surface area contributed by atoms with Crippen molar-refractivity contribution in [2.45, 2.75) is 69.9 Å². The van der Waals surface area contributed by atoms with Crippen molar-refractivity contribution in [2.24, 2.45) is 0 Å². The average molecular weight is 1660 g/mol. The van der Waals surface area contributed by atoms with E-state index >= 15 is 0 Å². The van der Waals surface area contributed by atoms with E-state index in [1.54, 1.807) is 6.07 Å². The van der Waals surface area contributed by atoms with Crippen LogP contribution < -0.4 is 58.6 Å². The van der Waals surface area contributed by atoms with Crippen LogP contribution in [0.1, 0.15) is 161 Å². The first-order valence-electron chi connectivity index (χ1n) is 40.1. The number of aromatic hydroxyl groups is 5. The van der Waals surface area contributed by atoms with Gasteiger partial charge < -0.3 is 93.3 Å². The number of hydrogen-bond acceptors (Lipinski definition) is 23. The van der Waals surface area contributed by atoms with Crippen molar-refractivity contribution in [3.8, 4) is 51.2 Å². The van der Waals surface area contributed by atoms with E-state index < -0.39 is 100 Å². The maximum absolute atomic E-state index is 15.0. The number of carbonyl (C=O) groups excluding carboxylic acids is 10. The van der Waals surface area contributed by atoms with Gasteiger partial charge in [-0.05, 0) is 135 Å². The Kier molecular flexibility index (Phi) is 30.8. The normalized spacial score (nSPS) is 19.2. The summed E-state index contributed by atoms with van der Waals surface area (Å²) in [4.78, 5) is 186.